The molecule has 0 radical (unpaired) electrons. The zero-order valence-electron chi connectivity index (χ0n) is 11.5. The van der Waals surface area contributed by atoms with Gasteiger partial charge in [-0.1, -0.05) is 11.8 Å². The van der Waals surface area contributed by atoms with Gasteiger partial charge in [0.25, 0.3) is 5.22 Å². The van der Waals surface area contributed by atoms with E-state index in [0.29, 0.717) is 17.5 Å². The third-order valence-corrected chi connectivity index (χ3v) is 3.55. The number of rotatable bonds is 7. The van der Waals surface area contributed by atoms with Crippen LogP contribution in [0.25, 0.3) is 11.5 Å². The fourth-order valence-electron chi connectivity index (χ4n) is 1.60. The molecule has 6 heteroatoms. The topological polar surface area (TPSA) is 65.2 Å². The van der Waals surface area contributed by atoms with Gasteiger partial charge in [-0.3, -0.25) is 0 Å². The van der Waals surface area contributed by atoms with Crippen molar-refractivity contribution in [2.45, 2.75) is 25.0 Å². The number of hydrogen-bond donors (Lipinski definition) is 0. The molecule has 1 heterocycles. The average Bonchev–Trinajstić information content (AvgIpc) is 2.92. The fraction of sp³-hybridized carbons (Fsp3) is 0.357. The van der Waals surface area contributed by atoms with E-state index < -0.39 is 0 Å². The molecule has 0 unspecified atom stereocenters. The van der Waals surface area contributed by atoms with Crippen LogP contribution in [0.1, 0.15) is 19.8 Å². The first-order valence-corrected chi connectivity index (χ1v) is 7.28. The number of thioether (sulfide) groups is 1. The van der Waals surface area contributed by atoms with Crippen LogP contribution in [-0.4, -0.2) is 28.8 Å². The molecular weight excluding hydrogens is 276 g/mol. The molecule has 0 fully saturated rings. The number of benzene rings is 1. The largest absolute Gasteiger partial charge is 0.497 e. The smallest absolute Gasteiger partial charge is 0.276 e. The van der Waals surface area contributed by atoms with Crippen LogP contribution in [0.3, 0.4) is 0 Å². The molecule has 2 rings (SSSR count). The van der Waals surface area contributed by atoms with Crippen molar-refractivity contribution in [1.82, 2.24) is 10.2 Å². The number of ether oxygens (including phenoxy) is 1. The van der Waals surface area contributed by atoms with Crippen LogP contribution in [0.2, 0.25) is 0 Å². The standard InChI is InChI=1S/C14H16N2O3S/c1-10(17)4-3-9-20-14-16-15-13(19-14)11-5-7-12(18-2)8-6-11/h5-8H,3-4,9H2,1-2H3. The first kappa shape index (κ1) is 14.6. The summed E-state index contributed by atoms with van der Waals surface area (Å²) in [5, 5.41) is 8.52. The number of nitrogens with zero attached hydrogens (tertiary/aromatic N) is 2. The molecule has 5 nitrogen and oxygen atoms in total. The maximum Gasteiger partial charge on any atom is 0.276 e. The summed E-state index contributed by atoms with van der Waals surface area (Å²) < 4.78 is 10.7. The average molecular weight is 292 g/mol. The molecule has 0 aliphatic rings. The molecular formula is C14H16N2O3S. The predicted molar refractivity (Wildman–Crippen MR) is 76.9 cm³/mol. The number of hydrogen-bond acceptors (Lipinski definition) is 6. The summed E-state index contributed by atoms with van der Waals surface area (Å²) in [5.74, 6) is 2.27. The van der Waals surface area contributed by atoms with E-state index in [1.807, 2.05) is 24.3 Å². The molecule has 0 aliphatic heterocycles. The van der Waals surface area contributed by atoms with E-state index in [4.69, 9.17) is 9.15 Å². The van der Waals surface area contributed by atoms with Crippen LogP contribution in [0, 0.1) is 0 Å². The molecule has 0 saturated carbocycles. The molecule has 0 bridgehead atoms. The summed E-state index contributed by atoms with van der Waals surface area (Å²) >= 11 is 1.47. The van der Waals surface area contributed by atoms with Crippen LogP contribution in [-0.2, 0) is 4.79 Å². The van der Waals surface area contributed by atoms with Gasteiger partial charge in [0.1, 0.15) is 11.5 Å². The van der Waals surface area contributed by atoms with Gasteiger partial charge in [0.2, 0.25) is 5.89 Å². The van der Waals surface area contributed by atoms with E-state index in [2.05, 4.69) is 10.2 Å². The molecule has 106 valence electrons. The van der Waals surface area contributed by atoms with Gasteiger partial charge in [-0.05, 0) is 37.6 Å². The van der Waals surface area contributed by atoms with Crippen LogP contribution in [0.5, 0.6) is 5.75 Å². The van der Waals surface area contributed by atoms with Gasteiger partial charge in [-0.2, -0.15) is 0 Å². The van der Waals surface area contributed by atoms with Crippen molar-refractivity contribution in [3.8, 4) is 17.2 Å². The van der Waals surface area contributed by atoms with E-state index in [-0.39, 0.29) is 5.78 Å². The van der Waals surface area contributed by atoms with Gasteiger partial charge in [-0.15, -0.1) is 10.2 Å². The summed E-state index contributed by atoms with van der Waals surface area (Å²) in [7, 11) is 1.62. The second kappa shape index (κ2) is 7.09. The minimum atomic E-state index is 0.204. The Kier molecular flexibility index (Phi) is 5.17. The summed E-state index contributed by atoms with van der Waals surface area (Å²) in [6, 6.07) is 7.44. The molecule has 1 aromatic carbocycles. The number of carbonyl (C=O) groups is 1. The highest BCUT2D eigenvalue weighted by Crippen LogP contribution is 2.25. The SMILES string of the molecule is COc1ccc(-c2nnc(SCCCC(C)=O)o2)cc1. The fourth-order valence-corrected chi connectivity index (χ4v) is 2.30. The van der Waals surface area contributed by atoms with Gasteiger partial charge in [0.05, 0.1) is 7.11 Å². The Bertz CT molecular complexity index is 566. The highest BCUT2D eigenvalue weighted by molar-refractivity contribution is 7.99. The van der Waals surface area contributed by atoms with E-state index >= 15 is 0 Å². The molecule has 0 amide bonds. The Labute approximate surface area is 121 Å². The lowest BCUT2D eigenvalue weighted by Crippen LogP contribution is -1.90. The molecule has 1 aromatic heterocycles. The highest BCUT2D eigenvalue weighted by Gasteiger charge is 2.09. The van der Waals surface area contributed by atoms with E-state index in [9.17, 15) is 4.79 Å². The lowest BCUT2D eigenvalue weighted by molar-refractivity contribution is -0.117. The van der Waals surface area contributed by atoms with E-state index in [1.54, 1.807) is 14.0 Å². The van der Waals surface area contributed by atoms with Crippen molar-refractivity contribution in [2.24, 2.45) is 0 Å². The van der Waals surface area contributed by atoms with Crippen molar-refractivity contribution in [2.75, 3.05) is 12.9 Å². The highest BCUT2D eigenvalue weighted by atomic mass is 32.2. The van der Waals surface area contributed by atoms with Crippen LogP contribution >= 0.6 is 11.8 Å². The second-order valence-electron chi connectivity index (χ2n) is 4.26. The van der Waals surface area contributed by atoms with Crippen molar-refractivity contribution in [3.63, 3.8) is 0 Å². The normalized spacial score (nSPS) is 10.5. The van der Waals surface area contributed by atoms with E-state index in [1.165, 1.54) is 11.8 Å². The number of methoxy groups -OCH3 is 1. The van der Waals surface area contributed by atoms with Crippen LogP contribution < -0.4 is 4.74 Å². The Morgan fingerprint density at radius 2 is 2.05 bits per heavy atom. The van der Waals surface area contributed by atoms with Gasteiger partial charge >= 0.3 is 0 Å². The minimum Gasteiger partial charge on any atom is -0.497 e. The lowest BCUT2D eigenvalue weighted by atomic mass is 10.2. The maximum absolute atomic E-state index is 10.8. The lowest BCUT2D eigenvalue weighted by Gasteiger charge is -1.99. The third-order valence-electron chi connectivity index (χ3n) is 2.64. The zero-order valence-corrected chi connectivity index (χ0v) is 12.3. The molecule has 0 aliphatic carbocycles. The molecule has 0 N–H and O–H groups in total. The zero-order chi connectivity index (χ0) is 14.4. The molecule has 0 atom stereocenters. The van der Waals surface area contributed by atoms with Crippen molar-refractivity contribution in [1.29, 1.82) is 0 Å². The number of ketones is 1. The van der Waals surface area contributed by atoms with Crippen molar-refractivity contribution in [3.05, 3.63) is 24.3 Å². The quantitative estimate of drug-likeness (QED) is 0.576. The van der Waals surface area contributed by atoms with Crippen molar-refractivity contribution >= 4 is 17.5 Å². The predicted octanol–water partition coefficient (Wildman–Crippen LogP) is 3.21. The number of aromatic nitrogens is 2. The summed E-state index contributed by atoms with van der Waals surface area (Å²) in [4.78, 5) is 10.8. The van der Waals surface area contributed by atoms with Gasteiger partial charge in [0.15, 0.2) is 0 Å². The Hall–Kier alpha value is -1.82. The Morgan fingerprint density at radius 1 is 1.30 bits per heavy atom. The molecule has 2 aromatic rings. The Morgan fingerprint density at radius 3 is 2.70 bits per heavy atom. The van der Waals surface area contributed by atoms with Gasteiger partial charge in [-0.25, -0.2) is 0 Å². The third kappa shape index (κ3) is 4.09. The monoisotopic (exact) mass is 292 g/mol. The molecule has 0 spiro atoms. The number of carbonyl (C=O) groups excluding carboxylic acids is 1. The van der Waals surface area contributed by atoms with Gasteiger partial charge in [0, 0.05) is 17.7 Å². The van der Waals surface area contributed by atoms with Gasteiger partial charge < -0.3 is 13.9 Å². The first-order chi connectivity index (χ1) is 9.69. The Balaban J connectivity index is 1.92. The minimum absolute atomic E-state index is 0.204. The van der Waals surface area contributed by atoms with Crippen LogP contribution in [0.15, 0.2) is 33.9 Å². The summed E-state index contributed by atoms with van der Waals surface area (Å²) in [6.07, 6.45) is 1.41. The number of Topliss-reactive ketones (excluding diaryl/α,β-unsaturated/α-hetero) is 1. The molecule has 20 heavy (non-hydrogen) atoms. The maximum atomic E-state index is 10.8. The van der Waals surface area contributed by atoms with E-state index in [0.717, 1.165) is 23.5 Å². The summed E-state index contributed by atoms with van der Waals surface area (Å²) in [6.45, 7) is 1.60. The summed E-state index contributed by atoms with van der Waals surface area (Å²) in [5.41, 5.74) is 0.855. The van der Waals surface area contributed by atoms with Crippen LogP contribution in [0.4, 0.5) is 0 Å². The second-order valence-corrected chi connectivity index (χ2v) is 5.30. The molecule has 0 saturated heterocycles. The first-order valence-electron chi connectivity index (χ1n) is 6.29. The van der Waals surface area contributed by atoms with Crippen molar-refractivity contribution < 1.29 is 13.9 Å².